The lowest BCUT2D eigenvalue weighted by atomic mass is 9.87. The Balaban J connectivity index is 2.25. The van der Waals surface area contributed by atoms with Crippen molar-refractivity contribution in [2.24, 2.45) is 0 Å². The molecule has 0 amide bonds. The highest BCUT2D eigenvalue weighted by Gasteiger charge is 2.34. The first-order valence-electron chi connectivity index (χ1n) is 6.84. The molecule has 0 spiro atoms. The average Bonchev–Trinajstić information content (AvgIpc) is 2.55. The van der Waals surface area contributed by atoms with Gasteiger partial charge in [-0.2, -0.15) is 0 Å². The van der Waals surface area contributed by atoms with E-state index in [0.717, 1.165) is 19.5 Å². The van der Waals surface area contributed by atoms with Gasteiger partial charge in [0.15, 0.2) is 0 Å². The number of nitrogens with zero attached hydrogens (tertiary/aromatic N) is 1. The smallest absolute Gasteiger partial charge is 0.123 e. The Kier molecular flexibility index (Phi) is 4.49. The Morgan fingerprint density at radius 3 is 2.74 bits per heavy atom. The van der Waals surface area contributed by atoms with Gasteiger partial charge in [-0.1, -0.05) is 11.6 Å². The molecular weight excluding hydrogens is 265 g/mol. The predicted octanol–water partition coefficient (Wildman–Crippen LogP) is 3.56. The van der Waals surface area contributed by atoms with E-state index in [1.54, 1.807) is 0 Å². The van der Waals surface area contributed by atoms with Gasteiger partial charge in [-0.25, -0.2) is 4.39 Å². The predicted molar refractivity (Wildman–Crippen MR) is 75.9 cm³/mol. The zero-order chi connectivity index (χ0) is 14.0. The molecule has 106 valence electrons. The van der Waals surface area contributed by atoms with Crippen molar-refractivity contribution in [3.63, 3.8) is 0 Å². The number of likely N-dealkylation sites (tertiary alicyclic amines) is 1. The van der Waals surface area contributed by atoms with E-state index in [1.165, 1.54) is 18.2 Å². The van der Waals surface area contributed by atoms with Crippen LogP contribution in [-0.2, 0) is 5.60 Å². The molecule has 0 saturated carbocycles. The summed E-state index contributed by atoms with van der Waals surface area (Å²) in [5.41, 5.74) is -0.484. The van der Waals surface area contributed by atoms with E-state index in [-0.39, 0.29) is 5.82 Å². The molecule has 1 fully saturated rings. The summed E-state index contributed by atoms with van der Waals surface area (Å²) in [5, 5.41) is 11.3. The number of benzene rings is 1. The van der Waals surface area contributed by atoms with Crippen LogP contribution in [0, 0.1) is 5.82 Å². The molecule has 1 aliphatic heterocycles. The third-order valence-corrected chi connectivity index (χ3v) is 4.34. The molecule has 0 aromatic heterocycles. The standard InChI is InChI=1S/C15H21ClFNO/c1-11(2)18-8-3-6-15(19,7-9-18)13-10-12(17)4-5-14(13)16/h4-5,10-11,19H,3,6-9H2,1-2H3. The van der Waals surface area contributed by atoms with Crippen LogP contribution in [0.1, 0.15) is 38.7 Å². The molecule has 1 heterocycles. The minimum absolute atomic E-state index is 0.349. The fourth-order valence-electron chi connectivity index (χ4n) is 2.78. The van der Waals surface area contributed by atoms with Gasteiger partial charge in [0.25, 0.3) is 0 Å². The molecule has 0 aliphatic carbocycles. The summed E-state index contributed by atoms with van der Waals surface area (Å²) in [6, 6.07) is 4.68. The maximum Gasteiger partial charge on any atom is 0.123 e. The van der Waals surface area contributed by atoms with Crippen molar-refractivity contribution in [3.05, 3.63) is 34.6 Å². The number of rotatable bonds is 2. The third-order valence-electron chi connectivity index (χ3n) is 4.01. The van der Waals surface area contributed by atoms with Crippen LogP contribution < -0.4 is 0 Å². The summed E-state index contributed by atoms with van der Waals surface area (Å²) in [6.45, 7) is 6.08. The Morgan fingerprint density at radius 1 is 1.32 bits per heavy atom. The Hall–Kier alpha value is -0.640. The molecule has 19 heavy (non-hydrogen) atoms. The highest BCUT2D eigenvalue weighted by atomic mass is 35.5. The SMILES string of the molecule is CC(C)N1CCCC(O)(c2cc(F)ccc2Cl)CC1. The lowest BCUT2D eigenvalue weighted by Crippen LogP contribution is -2.33. The van der Waals surface area contributed by atoms with Crippen molar-refractivity contribution in [1.82, 2.24) is 4.90 Å². The number of hydrogen-bond donors (Lipinski definition) is 1. The van der Waals surface area contributed by atoms with Crippen molar-refractivity contribution in [2.45, 2.75) is 44.8 Å². The first-order valence-corrected chi connectivity index (χ1v) is 7.22. The van der Waals surface area contributed by atoms with Gasteiger partial charge in [-0.05, 0) is 57.9 Å². The molecule has 1 unspecified atom stereocenters. The molecule has 1 atom stereocenters. The zero-order valence-electron chi connectivity index (χ0n) is 11.5. The summed E-state index contributed by atoms with van der Waals surface area (Å²) in [6.07, 6.45) is 2.11. The molecule has 1 aromatic rings. The minimum atomic E-state index is -1.01. The van der Waals surface area contributed by atoms with Gasteiger partial charge in [0.2, 0.25) is 0 Å². The van der Waals surface area contributed by atoms with Crippen LogP contribution in [0.5, 0.6) is 0 Å². The summed E-state index contributed by atoms with van der Waals surface area (Å²) < 4.78 is 13.4. The van der Waals surface area contributed by atoms with Crippen LogP contribution in [0.3, 0.4) is 0 Å². The lowest BCUT2D eigenvalue weighted by molar-refractivity contribution is 0.0202. The fraction of sp³-hybridized carbons (Fsp3) is 0.600. The Bertz CT molecular complexity index is 452. The maximum absolute atomic E-state index is 13.4. The number of aliphatic hydroxyl groups is 1. The molecule has 1 saturated heterocycles. The molecule has 2 nitrogen and oxygen atoms in total. The molecule has 1 aliphatic rings. The molecule has 2 rings (SSSR count). The topological polar surface area (TPSA) is 23.5 Å². The van der Waals surface area contributed by atoms with Crippen molar-refractivity contribution in [2.75, 3.05) is 13.1 Å². The fourth-order valence-corrected chi connectivity index (χ4v) is 3.07. The largest absolute Gasteiger partial charge is 0.385 e. The molecular formula is C15H21ClFNO. The van der Waals surface area contributed by atoms with Crippen LogP contribution in [0.15, 0.2) is 18.2 Å². The molecule has 1 aromatic carbocycles. The van der Waals surface area contributed by atoms with Gasteiger partial charge in [0.1, 0.15) is 5.82 Å². The van der Waals surface area contributed by atoms with E-state index in [4.69, 9.17) is 11.6 Å². The van der Waals surface area contributed by atoms with E-state index in [2.05, 4.69) is 18.7 Å². The van der Waals surface area contributed by atoms with E-state index >= 15 is 0 Å². The van der Waals surface area contributed by atoms with Crippen LogP contribution in [0.2, 0.25) is 5.02 Å². The van der Waals surface area contributed by atoms with Crippen molar-refractivity contribution >= 4 is 11.6 Å². The van der Waals surface area contributed by atoms with E-state index in [9.17, 15) is 9.50 Å². The highest BCUT2D eigenvalue weighted by molar-refractivity contribution is 6.31. The second-order valence-corrected chi connectivity index (χ2v) is 6.05. The summed E-state index contributed by atoms with van der Waals surface area (Å²) in [5.74, 6) is -0.349. The summed E-state index contributed by atoms with van der Waals surface area (Å²) in [7, 11) is 0. The summed E-state index contributed by atoms with van der Waals surface area (Å²) >= 11 is 6.13. The number of halogens is 2. The lowest BCUT2D eigenvalue weighted by Gasteiger charge is -2.29. The van der Waals surface area contributed by atoms with Gasteiger partial charge in [-0.15, -0.1) is 0 Å². The second-order valence-electron chi connectivity index (χ2n) is 5.64. The average molecular weight is 286 g/mol. The van der Waals surface area contributed by atoms with Crippen molar-refractivity contribution in [3.8, 4) is 0 Å². The van der Waals surface area contributed by atoms with Crippen LogP contribution in [-0.4, -0.2) is 29.1 Å². The third kappa shape index (κ3) is 3.28. The van der Waals surface area contributed by atoms with Crippen molar-refractivity contribution < 1.29 is 9.50 Å². The normalized spacial score (nSPS) is 25.6. The van der Waals surface area contributed by atoms with Crippen molar-refractivity contribution in [1.29, 1.82) is 0 Å². The van der Waals surface area contributed by atoms with Gasteiger partial charge in [0, 0.05) is 23.2 Å². The molecule has 0 bridgehead atoms. The molecule has 4 heteroatoms. The van der Waals surface area contributed by atoms with E-state index in [1.807, 2.05) is 0 Å². The first kappa shape index (κ1) is 14.8. The monoisotopic (exact) mass is 285 g/mol. The Labute approximate surface area is 119 Å². The summed E-state index contributed by atoms with van der Waals surface area (Å²) in [4.78, 5) is 2.34. The van der Waals surface area contributed by atoms with Gasteiger partial charge >= 0.3 is 0 Å². The van der Waals surface area contributed by atoms with Crippen LogP contribution in [0.4, 0.5) is 4.39 Å². The zero-order valence-corrected chi connectivity index (χ0v) is 12.3. The van der Waals surface area contributed by atoms with Gasteiger partial charge in [0.05, 0.1) is 5.60 Å². The van der Waals surface area contributed by atoms with Gasteiger partial charge < -0.3 is 10.0 Å². The van der Waals surface area contributed by atoms with Crippen LogP contribution >= 0.6 is 11.6 Å². The molecule has 1 N–H and O–H groups in total. The minimum Gasteiger partial charge on any atom is -0.385 e. The maximum atomic E-state index is 13.4. The first-order chi connectivity index (χ1) is 8.92. The molecule has 0 radical (unpaired) electrons. The van der Waals surface area contributed by atoms with E-state index in [0.29, 0.717) is 29.5 Å². The van der Waals surface area contributed by atoms with Crippen LogP contribution in [0.25, 0.3) is 0 Å². The quantitative estimate of drug-likeness (QED) is 0.898. The number of hydrogen-bond acceptors (Lipinski definition) is 2. The second kappa shape index (κ2) is 5.78. The highest BCUT2D eigenvalue weighted by Crippen LogP contribution is 2.37. The Morgan fingerprint density at radius 2 is 2.05 bits per heavy atom. The van der Waals surface area contributed by atoms with E-state index < -0.39 is 5.60 Å². The van der Waals surface area contributed by atoms with Gasteiger partial charge in [-0.3, -0.25) is 0 Å².